The number of carbonyl (C=O) groups is 1. The summed E-state index contributed by atoms with van der Waals surface area (Å²) in [5, 5.41) is 1.08. The van der Waals surface area contributed by atoms with E-state index in [1.54, 1.807) is 27.6 Å². The predicted octanol–water partition coefficient (Wildman–Crippen LogP) is 3.34. The Balaban J connectivity index is 1.71. The largest absolute Gasteiger partial charge is 0.344 e. The highest BCUT2D eigenvalue weighted by Gasteiger charge is 2.38. The minimum absolute atomic E-state index is 0.00837. The van der Waals surface area contributed by atoms with E-state index in [9.17, 15) is 13.2 Å². The van der Waals surface area contributed by atoms with Crippen molar-refractivity contribution in [1.82, 2.24) is 13.5 Å². The highest BCUT2D eigenvalue weighted by Crippen LogP contribution is 2.36. The van der Waals surface area contributed by atoms with Gasteiger partial charge in [-0.3, -0.25) is 4.79 Å². The second-order valence-corrected chi connectivity index (χ2v) is 11.1. The molecule has 0 saturated carbocycles. The first-order valence-corrected chi connectivity index (χ1v) is 12.6. The molecular weight excluding hydrogens is 406 g/mol. The second kappa shape index (κ2) is 8.34. The molecule has 1 unspecified atom stereocenters. The van der Waals surface area contributed by atoms with Crippen molar-refractivity contribution in [2.45, 2.75) is 44.6 Å². The maximum absolute atomic E-state index is 13.3. The lowest BCUT2D eigenvalue weighted by atomic mass is 9.95. The molecule has 29 heavy (non-hydrogen) atoms. The molecule has 1 amide bonds. The molecule has 1 aromatic heterocycles. The van der Waals surface area contributed by atoms with Crippen LogP contribution in [0, 0.1) is 0 Å². The molecule has 8 heteroatoms. The van der Waals surface area contributed by atoms with E-state index in [4.69, 9.17) is 0 Å². The number of amides is 1. The molecule has 3 heterocycles. The highest BCUT2D eigenvalue weighted by molar-refractivity contribution is 7.86. The minimum Gasteiger partial charge on any atom is -0.344 e. The number of benzene rings is 1. The Morgan fingerprint density at radius 2 is 1.79 bits per heavy atom. The summed E-state index contributed by atoms with van der Waals surface area (Å²) < 4.78 is 31.0. The van der Waals surface area contributed by atoms with Gasteiger partial charge in [0.1, 0.15) is 0 Å². The standard InChI is InChI=1S/C21H29N3O3S2/c1-22(2)21(25)20-18(17-10-3-4-11-19(17)28-20)15-16-9-5-6-14-24(16)29(26,27)23-12-7-8-13-23/h3-4,10-11,16H,5-9,12-15H2,1-2H3. The van der Waals surface area contributed by atoms with Crippen molar-refractivity contribution in [1.29, 1.82) is 0 Å². The summed E-state index contributed by atoms with van der Waals surface area (Å²) in [5.41, 5.74) is 0.998. The van der Waals surface area contributed by atoms with Crippen LogP contribution < -0.4 is 0 Å². The fraction of sp³-hybridized carbons (Fsp3) is 0.571. The third-order valence-electron chi connectivity index (χ3n) is 6.00. The van der Waals surface area contributed by atoms with Crippen LogP contribution in [0.25, 0.3) is 10.1 Å². The monoisotopic (exact) mass is 435 g/mol. The molecule has 0 aliphatic carbocycles. The third kappa shape index (κ3) is 3.95. The van der Waals surface area contributed by atoms with Crippen LogP contribution in [0.3, 0.4) is 0 Å². The average Bonchev–Trinajstić information content (AvgIpc) is 3.37. The molecule has 2 aliphatic heterocycles. The molecule has 2 aliphatic rings. The maximum Gasteiger partial charge on any atom is 0.282 e. The molecule has 0 radical (unpaired) electrons. The number of carbonyl (C=O) groups excluding carboxylic acids is 1. The molecular formula is C21H29N3O3S2. The minimum atomic E-state index is -3.44. The fourth-order valence-corrected chi connectivity index (χ4v) is 7.65. The number of fused-ring (bicyclic) bond motifs is 1. The van der Waals surface area contributed by atoms with Crippen molar-refractivity contribution in [3.63, 3.8) is 0 Å². The zero-order chi connectivity index (χ0) is 20.6. The van der Waals surface area contributed by atoms with Gasteiger partial charge in [0.25, 0.3) is 16.1 Å². The summed E-state index contributed by atoms with van der Waals surface area (Å²) in [6.45, 7) is 1.82. The van der Waals surface area contributed by atoms with Gasteiger partial charge in [-0.2, -0.15) is 17.0 Å². The Morgan fingerprint density at radius 3 is 2.52 bits per heavy atom. The van der Waals surface area contributed by atoms with Crippen LogP contribution >= 0.6 is 11.3 Å². The molecule has 1 atom stereocenters. The molecule has 1 aromatic carbocycles. The van der Waals surface area contributed by atoms with E-state index < -0.39 is 10.2 Å². The normalized spacial score (nSPS) is 21.7. The van der Waals surface area contributed by atoms with Crippen LogP contribution in [0.15, 0.2) is 24.3 Å². The molecule has 2 fully saturated rings. The maximum atomic E-state index is 13.3. The summed E-state index contributed by atoms with van der Waals surface area (Å²) >= 11 is 1.51. The number of thiophene rings is 1. The van der Waals surface area contributed by atoms with Gasteiger partial charge in [-0.05, 0) is 49.1 Å². The van der Waals surface area contributed by atoms with E-state index in [0.717, 1.165) is 52.6 Å². The predicted molar refractivity (Wildman–Crippen MR) is 118 cm³/mol. The topological polar surface area (TPSA) is 60.9 Å². The summed E-state index contributed by atoms with van der Waals surface area (Å²) in [5.74, 6) is -0.00837. The first-order valence-electron chi connectivity index (χ1n) is 10.4. The van der Waals surface area contributed by atoms with E-state index in [1.807, 2.05) is 18.2 Å². The van der Waals surface area contributed by atoms with Gasteiger partial charge in [0, 0.05) is 44.5 Å². The number of hydrogen-bond donors (Lipinski definition) is 0. The molecule has 0 spiro atoms. The van der Waals surface area contributed by atoms with Gasteiger partial charge < -0.3 is 4.90 Å². The van der Waals surface area contributed by atoms with Crippen LogP contribution in [-0.2, 0) is 16.6 Å². The lowest BCUT2D eigenvalue weighted by Crippen LogP contribution is -2.50. The van der Waals surface area contributed by atoms with Crippen molar-refractivity contribution < 1.29 is 13.2 Å². The van der Waals surface area contributed by atoms with E-state index in [-0.39, 0.29) is 11.9 Å². The fourth-order valence-electron chi connectivity index (χ4n) is 4.46. The zero-order valence-corrected chi connectivity index (χ0v) is 18.8. The van der Waals surface area contributed by atoms with Gasteiger partial charge in [-0.25, -0.2) is 0 Å². The summed E-state index contributed by atoms with van der Waals surface area (Å²) in [6, 6.07) is 7.96. The summed E-state index contributed by atoms with van der Waals surface area (Å²) in [4.78, 5) is 15.2. The highest BCUT2D eigenvalue weighted by atomic mass is 32.2. The molecule has 158 valence electrons. The van der Waals surface area contributed by atoms with Crippen LogP contribution in [-0.4, -0.2) is 67.6 Å². The third-order valence-corrected chi connectivity index (χ3v) is 9.29. The van der Waals surface area contributed by atoms with Crippen molar-refractivity contribution >= 4 is 37.5 Å². The van der Waals surface area contributed by atoms with Gasteiger partial charge in [-0.15, -0.1) is 11.3 Å². The number of hydrogen-bond acceptors (Lipinski definition) is 4. The van der Waals surface area contributed by atoms with E-state index >= 15 is 0 Å². The van der Waals surface area contributed by atoms with Crippen molar-refractivity contribution in [3.05, 3.63) is 34.7 Å². The van der Waals surface area contributed by atoms with E-state index in [0.29, 0.717) is 26.1 Å². The molecule has 6 nitrogen and oxygen atoms in total. The van der Waals surface area contributed by atoms with Gasteiger partial charge in [0.05, 0.1) is 4.88 Å². The Labute approximate surface area is 177 Å². The smallest absolute Gasteiger partial charge is 0.282 e. The van der Waals surface area contributed by atoms with Gasteiger partial charge in [-0.1, -0.05) is 24.6 Å². The lowest BCUT2D eigenvalue weighted by Gasteiger charge is -2.37. The van der Waals surface area contributed by atoms with Crippen LogP contribution in [0.2, 0.25) is 0 Å². The molecule has 4 rings (SSSR count). The quantitative estimate of drug-likeness (QED) is 0.724. The zero-order valence-electron chi connectivity index (χ0n) is 17.1. The number of piperidine rings is 1. The Bertz CT molecular complexity index is 994. The lowest BCUT2D eigenvalue weighted by molar-refractivity contribution is 0.0831. The Hall–Kier alpha value is -1.48. The van der Waals surface area contributed by atoms with Crippen LogP contribution in [0.4, 0.5) is 0 Å². The summed E-state index contributed by atoms with van der Waals surface area (Å²) in [6.07, 6.45) is 5.23. The first-order chi connectivity index (χ1) is 13.9. The van der Waals surface area contributed by atoms with Crippen molar-refractivity contribution in [3.8, 4) is 0 Å². The summed E-state index contributed by atoms with van der Waals surface area (Å²) in [7, 11) is 0.0882. The first kappa shape index (κ1) is 20.8. The van der Waals surface area contributed by atoms with Gasteiger partial charge in [0.15, 0.2) is 0 Å². The SMILES string of the molecule is CN(C)C(=O)c1sc2ccccc2c1CC1CCCCN1S(=O)(=O)N1CCCC1. The Kier molecular flexibility index (Phi) is 5.97. The number of rotatable bonds is 5. The molecule has 2 saturated heterocycles. The van der Waals surface area contributed by atoms with Crippen molar-refractivity contribution in [2.24, 2.45) is 0 Å². The van der Waals surface area contributed by atoms with E-state index in [1.165, 1.54) is 11.3 Å². The van der Waals surface area contributed by atoms with Crippen LogP contribution in [0.1, 0.15) is 47.3 Å². The number of nitrogens with zero attached hydrogens (tertiary/aromatic N) is 3. The van der Waals surface area contributed by atoms with E-state index in [2.05, 4.69) is 6.07 Å². The van der Waals surface area contributed by atoms with Gasteiger partial charge in [0.2, 0.25) is 0 Å². The molecule has 2 aromatic rings. The molecule has 0 bridgehead atoms. The average molecular weight is 436 g/mol. The Morgan fingerprint density at radius 1 is 1.10 bits per heavy atom. The van der Waals surface area contributed by atoms with Crippen LogP contribution in [0.5, 0.6) is 0 Å². The van der Waals surface area contributed by atoms with Gasteiger partial charge >= 0.3 is 0 Å². The molecule has 0 N–H and O–H groups in total. The second-order valence-electron chi connectivity index (χ2n) is 8.18. The van der Waals surface area contributed by atoms with Crippen molar-refractivity contribution in [2.75, 3.05) is 33.7 Å².